The first-order valence-electron chi connectivity index (χ1n) is 4.71. The lowest BCUT2D eigenvalue weighted by Crippen LogP contribution is -1.86. The molecular formula is C11H13N3O. The van der Waals surface area contributed by atoms with E-state index in [4.69, 9.17) is 4.74 Å². The lowest BCUT2D eigenvalue weighted by Gasteiger charge is -2.03. The Kier molecular flexibility index (Phi) is 2.41. The van der Waals surface area contributed by atoms with Crippen LogP contribution in [-0.4, -0.2) is 22.1 Å². The Morgan fingerprint density at radius 1 is 1.27 bits per heavy atom. The zero-order valence-corrected chi connectivity index (χ0v) is 9.06. The van der Waals surface area contributed by atoms with Crippen molar-refractivity contribution < 1.29 is 4.74 Å². The summed E-state index contributed by atoms with van der Waals surface area (Å²) >= 11 is 0. The second kappa shape index (κ2) is 3.73. The van der Waals surface area contributed by atoms with E-state index in [0.717, 1.165) is 22.6 Å². The van der Waals surface area contributed by atoms with Gasteiger partial charge in [-0.3, -0.25) is 4.68 Å². The highest BCUT2D eigenvalue weighted by molar-refractivity contribution is 5.61. The van der Waals surface area contributed by atoms with E-state index < -0.39 is 0 Å². The molecule has 0 aliphatic heterocycles. The lowest BCUT2D eigenvalue weighted by molar-refractivity contribution is 0.414. The molecule has 0 bridgehead atoms. The van der Waals surface area contributed by atoms with E-state index in [9.17, 15) is 0 Å². The molecular weight excluding hydrogens is 190 g/mol. The number of hydrogen-bond acceptors (Lipinski definition) is 3. The van der Waals surface area contributed by atoms with Gasteiger partial charge < -0.3 is 4.74 Å². The number of nitrogens with zero attached hydrogens (tertiary/aromatic N) is 3. The maximum absolute atomic E-state index is 5.21. The van der Waals surface area contributed by atoms with E-state index in [1.165, 1.54) is 0 Å². The van der Waals surface area contributed by atoms with Crippen molar-refractivity contribution in [1.82, 2.24) is 15.0 Å². The number of rotatable bonds is 2. The molecule has 0 spiro atoms. The van der Waals surface area contributed by atoms with Gasteiger partial charge in [-0.05, 0) is 30.7 Å². The number of methoxy groups -OCH3 is 1. The highest BCUT2D eigenvalue weighted by atomic mass is 16.5. The molecule has 0 unspecified atom stereocenters. The highest BCUT2D eigenvalue weighted by Gasteiger charge is 2.04. The van der Waals surface area contributed by atoms with E-state index in [0.29, 0.717) is 0 Å². The van der Waals surface area contributed by atoms with Crippen LogP contribution in [-0.2, 0) is 7.05 Å². The van der Waals surface area contributed by atoms with Crippen molar-refractivity contribution in [3.8, 4) is 17.0 Å². The minimum atomic E-state index is 0.843. The fraction of sp³-hybridized carbons (Fsp3) is 0.273. The quantitative estimate of drug-likeness (QED) is 0.747. The van der Waals surface area contributed by atoms with E-state index >= 15 is 0 Å². The third-order valence-corrected chi connectivity index (χ3v) is 2.18. The summed E-state index contributed by atoms with van der Waals surface area (Å²) in [6, 6.07) is 6.00. The summed E-state index contributed by atoms with van der Waals surface area (Å²) in [6.45, 7) is 2.03. The summed E-state index contributed by atoms with van der Waals surface area (Å²) in [6.07, 6.45) is 1.88. The van der Waals surface area contributed by atoms with E-state index in [1.54, 1.807) is 11.8 Å². The summed E-state index contributed by atoms with van der Waals surface area (Å²) in [5, 5.41) is 7.96. The molecule has 2 rings (SSSR count). The van der Waals surface area contributed by atoms with Crippen LogP contribution >= 0.6 is 0 Å². The van der Waals surface area contributed by atoms with Crippen LogP contribution in [0.4, 0.5) is 0 Å². The van der Waals surface area contributed by atoms with Crippen LogP contribution in [0, 0.1) is 6.92 Å². The van der Waals surface area contributed by atoms with Gasteiger partial charge in [-0.1, -0.05) is 5.21 Å². The molecule has 15 heavy (non-hydrogen) atoms. The van der Waals surface area contributed by atoms with E-state index in [1.807, 2.05) is 32.3 Å². The molecule has 78 valence electrons. The van der Waals surface area contributed by atoms with E-state index in [-0.39, 0.29) is 0 Å². The number of aromatic nitrogens is 3. The summed E-state index contributed by atoms with van der Waals surface area (Å²) in [5.41, 5.74) is 3.04. The molecule has 0 atom stereocenters. The van der Waals surface area contributed by atoms with Crippen LogP contribution in [0.25, 0.3) is 11.3 Å². The maximum atomic E-state index is 5.21. The Labute approximate surface area is 88.5 Å². The first-order valence-corrected chi connectivity index (χ1v) is 4.71. The van der Waals surface area contributed by atoms with Crippen LogP contribution in [0.2, 0.25) is 0 Å². The second-order valence-corrected chi connectivity index (χ2v) is 3.52. The molecule has 0 saturated carbocycles. The monoisotopic (exact) mass is 203 g/mol. The average molecular weight is 203 g/mol. The van der Waals surface area contributed by atoms with Crippen molar-refractivity contribution >= 4 is 0 Å². The molecule has 2 aromatic rings. The molecule has 4 heteroatoms. The number of hydrogen-bond donors (Lipinski definition) is 0. The van der Waals surface area contributed by atoms with Crippen LogP contribution in [0.5, 0.6) is 5.75 Å². The van der Waals surface area contributed by atoms with Gasteiger partial charge in [-0.2, -0.15) is 0 Å². The largest absolute Gasteiger partial charge is 0.497 e. The first kappa shape index (κ1) is 9.71. The van der Waals surface area contributed by atoms with Gasteiger partial charge in [0.15, 0.2) is 0 Å². The predicted octanol–water partition coefficient (Wildman–Crippen LogP) is 1.80. The minimum absolute atomic E-state index is 0.843. The molecule has 1 aromatic heterocycles. The van der Waals surface area contributed by atoms with Gasteiger partial charge in [0, 0.05) is 12.6 Å². The van der Waals surface area contributed by atoms with Crippen LogP contribution in [0.1, 0.15) is 5.56 Å². The zero-order valence-electron chi connectivity index (χ0n) is 9.06. The Morgan fingerprint density at radius 2 is 2.07 bits per heavy atom. The van der Waals surface area contributed by atoms with Gasteiger partial charge in [0.1, 0.15) is 11.4 Å². The topological polar surface area (TPSA) is 39.9 Å². The third-order valence-electron chi connectivity index (χ3n) is 2.18. The van der Waals surface area contributed by atoms with Crippen molar-refractivity contribution in [2.45, 2.75) is 6.92 Å². The maximum Gasteiger partial charge on any atom is 0.119 e. The Bertz CT molecular complexity index is 476. The van der Waals surface area contributed by atoms with Crippen molar-refractivity contribution in [2.75, 3.05) is 7.11 Å². The second-order valence-electron chi connectivity index (χ2n) is 3.52. The summed E-state index contributed by atoms with van der Waals surface area (Å²) < 4.78 is 6.89. The summed E-state index contributed by atoms with van der Waals surface area (Å²) in [7, 11) is 3.51. The van der Waals surface area contributed by atoms with Gasteiger partial charge in [0.05, 0.1) is 13.3 Å². The SMILES string of the molecule is COc1cc(C)cc(-c2cn(C)nn2)c1. The van der Waals surface area contributed by atoms with E-state index in [2.05, 4.69) is 16.4 Å². The van der Waals surface area contributed by atoms with Crippen LogP contribution in [0.15, 0.2) is 24.4 Å². The normalized spacial score (nSPS) is 10.3. The molecule has 0 N–H and O–H groups in total. The van der Waals surface area contributed by atoms with Gasteiger partial charge in [-0.15, -0.1) is 5.10 Å². The average Bonchev–Trinajstić information content (AvgIpc) is 2.64. The fourth-order valence-corrected chi connectivity index (χ4v) is 1.49. The van der Waals surface area contributed by atoms with Gasteiger partial charge in [0.2, 0.25) is 0 Å². The van der Waals surface area contributed by atoms with Gasteiger partial charge in [-0.25, -0.2) is 0 Å². The van der Waals surface area contributed by atoms with Gasteiger partial charge in [0.25, 0.3) is 0 Å². The Morgan fingerprint density at radius 3 is 2.67 bits per heavy atom. The van der Waals surface area contributed by atoms with Crippen LogP contribution < -0.4 is 4.74 Å². The molecule has 0 amide bonds. The zero-order chi connectivity index (χ0) is 10.8. The summed E-state index contributed by atoms with van der Waals surface area (Å²) in [4.78, 5) is 0. The highest BCUT2D eigenvalue weighted by Crippen LogP contribution is 2.23. The van der Waals surface area contributed by atoms with Crippen molar-refractivity contribution in [3.05, 3.63) is 30.0 Å². The lowest BCUT2D eigenvalue weighted by atomic mass is 10.1. The number of benzene rings is 1. The molecule has 0 saturated heterocycles. The summed E-state index contributed by atoms with van der Waals surface area (Å²) in [5.74, 6) is 0.843. The first-order chi connectivity index (χ1) is 7.19. The predicted molar refractivity (Wildman–Crippen MR) is 57.7 cm³/mol. The van der Waals surface area contributed by atoms with Crippen molar-refractivity contribution in [3.63, 3.8) is 0 Å². The molecule has 1 aromatic carbocycles. The molecule has 0 radical (unpaired) electrons. The molecule has 0 aliphatic rings. The Hall–Kier alpha value is -1.84. The minimum Gasteiger partial charge on any atom is -0.497 e. The Balaban J connectivity index is 2.48. The fourth-order valence-electron chi connectivity index (χ4n) is 1.49. The molecule has 1 heterocycles. The van der Waals surface area contributed by atoms with Crippen molar-refractivity contribution in [1.29, 1.82) is 0 Å². The molecule has 0 aliphatic carbocycles. The smallest absolute Gasteiger partial charge is 0.119 e. The van der Waals surface area contributed by atoms with Crippen LogP contribution in [0.3, 0.4) is 0 Å². The van der Waals surface area contributed by atoms with Gasteiger partial charge >= 0.3 is 0 Å². The number of aryl methyl sites for hydroxylation is 2. The molecule has 4 nitrogen and oxygen atoms in total. The standard InChI is InChI=1S/C11H13N3O/c1-8-4-9(6-10(5-8)15-3)11-7-14(2)13-12-11/h4-7H,1-3H3. The van der Waals surface area contributed by atoms with Crippen molar-refractivity contribution in [2.24, 2.45) is 7.05 Å². The molecule has 0 fully saturated rings. The third kappa shape index (κ3) is 1.98. The number of ether oxygens (including phenoxy) is 1.